The van der Waals surface area contributed by atoms with Crippen molar-refractivity contribution < 1.29 is 9.84 Å². The second-order valence-electron chi connectivity index (χ2n) is 3.68. The molecular formula is C12H13BrO2. The largest absolute Gasteiger partial charge is 0.497 e. The van der Waals surface area contributed by atoms with E-state index in [9.17, 15) is 5.11 Å². The predicted octanol–water partition coefficient (Wildman–Crippen LogP) is 2.96. The molecule has 2 rings (SSSR count). The van der Waals surface area contributed by atoms with Crippen molar-refractivity contribution in [2.45, 2.75) is 18.4 Å². The van der Waals surface area contributed by atoms with Gasteiger partial charge in [0.15, 0.2) is 0 Å². The van der Waals surface area contributed by atoms with E-state index in [1.165, 1.54) is 0 Å². The lowest BCUT2D eigenvalue weighted by atomic mass is 9.93. The molecule has 0 aliphatic heterocycles. The van der Waals surface area contributed by atoms with E-state index in [0.717, 1.165) is 28.6 Å². The van der Waals surface area contributed by atoms with Gasteiger partial charge < -0.3 is 9.84 Å². The molecule has 0 heterocycles. The van der Waals surface area contributed by atoms with Crippen molar-refractivity contribution in [3.05, 3.63) is 40.4 Å². The van der Waals surface area contributed by atoms with Gasteiger partial charge in [0.25, 0.3) is 0 Å². The van der Waals surface area contributed by atoms with Crippen LogP contribution in [0.5, 0.6) is 5.75 Å². The SMILES string of the molecule is COc1cccc(C2(O)CCC=C2Br)c1. The summed E-state index contributed by atoms with van der Waals surface area (Å²) < 4.78 is 6.00. The first-order chi connectivity index (χ1) is 7.16. The average molecular weight is 269 g/mol. The lowest BCUT2D eigenvalue weighted by Crippen LogP contribution is -2.22. The van der Waals surface area contributed by atoms with Crippen LogP contribution >= 0.6 is 15.9 Å². The van der Waals surface area contributed by atoms with Crippen LogP contribution in [0.15, 0.2) is 34.8 Å². The Morgan fingerprint density at radius 3 is 2.87 bits per heavy atom. The summed E-state index contributed by atoms with van der Waals surface area (Å²) in [5.74, 6) is 0.771. The van der Waals surface area contributed by atoms with Crippen LogP contribution in [0, 0.1) is 0 Å². The number of aliphatic hydroxyl groups is 1. The maximum atomic E-state index is 10.5. The van der Waals surface area contributed by atoms with Gasteiger partial charge in [0, 0.05) is 4.48 Å². The zero-order valence-electron chi connectivity index (χ0n) is 8.53. The minimum atomic E-state index is -0.867. The quantitative estimate of drug-likeness (QED) is 0.894. The van der Waals surface area contributed by atoms with E-state index in [0.29, 0.717) is 0 Å². The van der Waals surface area contributed by atoms with Gasteiger partial charge in [0.05, 0.1) is 7.11 Å². The van der Waals surface area contributed by atoms with Gasteiger partial charge >= 0.3 is 0 Å². The van der Waals surface area contributed by atoms with Crippen molar-refractivity contribution in [1.29, 1.82) is 0 Å². The van der Waals surface area contributed by atoms with Crippen LogP contribution in [0.2, 0.25) is 0 Å². The van der Waals surface area contributed by atoms with Crippen LogP contribution in [0.1, 0.15) is 18.4 Å². The molecule has 1 aliphatic carbocycles. The predicted molar refractivity (Wildman–Crippen MR) is 63.1 cm³/mol. The molecule has 0 fully saturated rings. The molecule has 1 atom stereocenters. The molecule has 2 nitrogen and oxygen atoms in total. The van der Waals surface area contributed by atoms with Crippen LogP contribution in [-0.2, 0) is 5.60 Å². The molecular weight excluding hydrogens is 256 g/mol. The molecule has 1 aliphatic rings. The molecule has 1 unspecified atom stereocenters. The lowest BCUT2D eigenvalue weighted by molar-refractivity contribution is 0.0862. The highest BCUT2D eigenvalue weighted by Gasteiger charge is 2.35. The van der Waals surface area contributed by atoms with Crippen molar-refractivity contribution in [2.24, 2.45) is 0 Å². The zero-order chi connectivity index (χ0) is 10.9. The van der Waals surface area contributed by atoms with Gasteiger partial charge in [0.1, 0.15) is 11.4 Å². The highest BCUT2D eigenvalue weighted by molar-refractivity contribution is 9.11. The maximum absolute atomic E-state index is 10.5. The molecule has 15 heavy (non-hydrogen) atoms. The van der Waals surface area contributed by atoms with Crippen molar-refractivity contribution in [3.63, 3.8) is 0 Å². The molecule has 80 valence electrons. The Kier molecular flexibility index (Phi) is 2.85. The van der Waals surface area contributed by atoms with Gasteiger partial charge in [-0.2, -0.15) is 0 Å². The fourth-order valence-corrected chi connectivity index (χ4v) is 2.51. The molecule has 0 amide bonds. The third kappa shape index (κ3) is 1.82. The van der Waals surface area contributed by atoms with Crippen molar-refractivity contribution in [1.82, 2.24) is 0 Å². The molecule has 0 radical (unpaired) electrons. The van der Waals surface area contributed by atoms with Crippen LogP contribution in [0.3, 0.4) is 0 Å². The van der Waals surface area contributed by atoms with Crippen LogP contribution < -0.4 is 4.74 Å². The van der Waals surface area contributed by atoms with Gasteiger partial charge in [-0.15, -0.1) is 0 Å². The van der Waals surface area contributed by atoms with E-state index in [2.05, 4.69) is 15.9 Å². The van der Waals surface area contributed by atoms with Gasteiger partial charge in [0.2, 0.25) is 0 Å². The van der Waals surface area contributed by atoms with Crippen molar-refractivity contribution in [2.75, 3.05) is 7.11 Å². The zero-order valence-corrected chi connectivity index (χ0v) is 10.1. The number of methoxy groups -OCH3 is 1. The third-order valence-electron chi connectivity index (χ3n) is 2.77. The fourth-order valence-electron chi connectivity index (χ4n) is 1.86. The molecule has 0 bridgehead atoms. The van der Waals surface area contributed by atoms with Gasteiger partial charge in [-0.05, 0) is 30.5 Å². The lowest BCUT2D eigenvalue weighted by Gasteiger charge is -2.24. The summed E-state index contributed by atoms with van der Waals surface area (Å²) in [6.45, 7) is 0. The highest BCUT2D eigenvalue weighted by Crippen LogP contribution is 2.43. The summed E-state index contributed by atoms with van der Waals surface area (Å²) in [6.07, 6.45) is 3.63. The molecule has 1 N–H and O–H groups in total. The normalized spacial score (nSPS) is 25.1. The topological polar surface area (TPSA) is 29.5 Å². The van der Waals surface area contributed by atoms with Crippen molar-refractivity contribution in [3.8, 4) is 5.75 Å². The number of hydrogen-bond acceptors (Lipinski definition) is 2. The number of hydrogen-bond donors (Lipinski definition) is 1. The number of benzene rings is 1. The second-order valence-corrected chi connectivity index (χ2v) is 4.54. The molecule has 0 saturated carbocycles. The minimum absolute atomic E-state index is 0.723. The van der Waals surface area contributed by atoms with E-state index in [1.54, 1.807) is 7.11 Å². The van der Waals surface area contributed by atoms with Gasteiger partial charge in [-0.25, -0.2) is 0 Å². The Morgan fingerprint density at radius 1 is 1.47 bits per heavy atom. The fraction of sp³-hybridized carbons (Fsp3) is 0.333. The summed E-state index contributed by atoms with van der Waals surface area (Å²) in [6, 6.07) is 7.56. The van der Waals surface area contributed by atoms with E-state index in [1.807, 2.05) is 30.3 Å². The summed E-state index contributed by atoms with van der Waals surface area (Å²) in [4.78, 5) is 0. The maximum Gasteiger partial charge on any atom is 0.121 e. The van der Waals surface area contributed by atoms with E-state index in [-0.39, 0.29) is 0 Å². The van der Waals surface area contributed by atoms with Crippen LogP contribution in [0.4, 0.5) is 0 Å². The highest BCUT2D eigenvalue weighted by atomic mass is 79.9. The molecule has 0 saturated heterocycles. The number of allylic oxidation sites excluding steroid dienone is 1. The molecule has 0 spiro atoms. The monoisotopic (exact) mass is 268 g/mol. The van der Waals surface area contributed by atoms with Crippen LogP contribution in [-0.4, -0.2) is 12.2 Å². The minimum Gasteiger partial charge on any atom is -0.497 e. The van der Waals surface area contributed by atoms with Gasteiger partial charge in [-0.3, -0.25) is 0 Å². The standard InChI is InChI=1S/C12H13BrO2/c1-15-10-5-2-4-9(8-10)12(14)7-3-6-11(12)13/h2,4-6,8,14H,3,7H2,1H3. The molecule has 1 aromatic carbocycles. The Bertz CT molecular complexity index is 400. The van der Waals surface area contributed by atoms with Gasteiger partial charge in [-0.1, -0.05) is 34.1 Å². The first kappa shape index (κ1) is 10.7. The Balaban J connectivity index is 2.40. The molecule has 0 aromatic heterocycles. The summed E-state index contributed by atoms with van der Waals surface area (Å²) >= 11 is 3.41. The number of halogens is 1. The summed E-state index contributed by atoms with van der Waals surface area (Å²) in [5.41, 5.74) is 0.0108. The second kappa shape index (κ2) is 3.99. The third-order valence-corrected chi connectivity index (χ3v) is 3.75. The van der Waals surface area contributed by atoms with E-state index in [4.69, 9.17) is 4.74 Å². The first-order valence-electron chi connectivity index (χ1n) is 4.90. The first-order valence-corrected chi connectivity index (χ1v) is 5.69. The van der Waals surface area contributed by atoms with Crippen molar-refractivity contribution >= 4 is 15.9 Å². The summed E-state index contributed by atoms with van der Waals surface area (Å²) in [5, 5.41) is 10.5. The number of ether oxygens (including phenoxy) is 1. The molecule has 3 heteroatoms. The average Bonchev–Trinajstić information content (AvgIpc) is 2.61. The number of rotatable bonds is 2. The Labute approximate surface area is 97.7 Å². The van der Waals surface area contributed by atoms with E-state index >= 15 is 0 Å². The van der Waals surface area contributed by atoms with Crippen LogP contribution in [0.25, 0.3) is 0 Å². The Hall–Kier alpha value is -0.800. The smallest absolute Gasteiger partial charge is 0.121 e. The molecule has 1 aromatic rings. The Morgan fingerprint density at radius 2 is 2.27 bits per heavy atom. The summed E-state index contributed by atoms with van der Waals surface area (Å²) in [7, 11) is 1.63. The van der Waals surface area contributed by atoms with E-state index < -0.39 is 5.60 Å².